The van der Waals surface area contributed by atoms with Gasteiger partial charge in [0.25, 0.3) is 5.91 Å². The minimum atomic E-state index is -0.615. The topological polar surface area (TPSA) is 88.9 Å². The Morgan fingerprint density at radius 3 is 2.69 bits per heavy atom. The molecule has 0 aliphatic carbocycles. The number of hydrogen-bond acceptors (Lipinski definition) is 5. The minimum absolute atomic E-state index is 0.0234. The molecule has 1 aromatic heterocycles. The molecule has 0 unspecified atom stereocenters. The predicted molar refractivity (Wildman–Crippen MR) is 118 cm³/mol. The summed E-state index contributed by atoms with van der Waals surface area (Å²) >= 11 is 1.16. The van der Waals surface area contributed by atoms with Gasteiger partial charge >= 0.3 is 0 Å². The summed E-state index contributed by atoms with van der Waals surface area (Å²) in [7, 11) is 0. The average molecular weight is 458 g/mol. The van der Waals surface area contributed by atoms with E-state index in [1.807, 2.05) is 0 Å². The van der Waals surface area contributed by atoms with Crippen LogP contribution < -0.4 is 10.6 Å². The zero-order valence-electron chi connectivity index (χ0n) is 17.3. The summed E-state index contributed by atoms with van der Waals surface area (Å²) in [5.74, 6) is -1.36. The lowest BCUT2D eigenvalue weighted by molar-refractivity contribution is -0.113. The molecule has 32 heavy (non-hydrogen) atoms. The van der Waals surface area contributed by atoms with Crippen molar-refractivity contribution in [2.45, 2.75) is 25.2 Å². The Labute approximate surface area is 187 Å². The normalized spacial score (nSPS) is 10.6. The highest BCUT2D eigenvalue weighted by Crippen LogP contribution is 2.20. The maximum atomic E-state index is 13.8. The van der Waals surface area contributed by atoms with Gasteiger partial charge < -0.3 is 15.2 Å². The van der Waals surface area contributed by atoms with Crippen LogP contribution in [-0.2, 0) is 17.9 Å². The first-order valence-electron chi connectivity index (χ1n) is 9.63. The van der Waals surface area contributed by atoms with Crippen molar-refractivity contribution in [2.24, 2.45) is 0 Å². The number of carbonyl (C=O) groups excluding carboxylic acids is 2. The van der Waals surface area contributed by atoms with E-state index in [1.54, 1.807) is 23.6 Å². The molecule has 0 fully saturated rings. The maximum Gasteiger partial charge on any atom is 0.254 e. The summed E-state index contributed by atoms with van der Waals surface area (Å²) in [4.78, 5) is 24.5. The summed E-state index contributed by atoms with van der Waals surface area (Å²) in [6, 6.07) is 9.80. The van der Waals surface area contributed by atoms with Crippen LogP contribution in [0.15, 0.2) is 60.3 Å². The number of rotatable bonds is 9. The molecule has 0 spiro atoms. The zero-order valence-corrected chi connectivity index (χ0v) is 18.1. The van der Waals surface area contributed by atoms with Crippen molar-refractivity contribution in [3.63, 3.8) is 0 Å². The highest BCUT2D eigenvalue weighted by molar-refractivity contribution is 7.99. The van der Waals surface area contributed by atoms with Gasteiger partial charge in [-0.25, -0.2) is 8.78 Å². The number of amides is 2. The number of allylic oxidation sites excluding steroid dienone is 1. The number of benzene rings is 2. The SMILES string of the molecule is C=CCn1c(CNC(=O)c2ccccc2F)nnc1SCC(=O)Nc1ccc(F)cc1C. The number of nitrogens with zero attached hydrogens (tertiary/aromatic N) is 3. The molecule has 7 nitrogen and oxygen atoms in total. The third kappa shape index (κ3) is 5.79. The standard InChI is InChI=1S/C22H21F2N5O2S/c1-3-10-29-19(12-25-21(31)16-6-4-5-7-17(16)24)27-28-22(29)32-13-20(30)26-18-9-8-15(23)11-14(18)2/h3-9,11H,1,10,12-13H2,2H3,(H,25,31)(H,26,30). The largest absolute Gasteiger partial charge is 0.345 e. The van der Waals surface area contributed by atoms with Crippen LogP contribution in [0.3, 0.4) is 0 Å². The van der Waals surface area contributed by atoms with Gasteiger partial charge in [0, 0.05) is 12.2 Å². The van der Waals surface area contributed by atoms with E-state index in [4.69, 9.17) is 0 Å². The second-order valence-electron chi connectivity index (χ2n) is 6.76. The van der Waals surface area contributed by atoms with Gasteiger partial charge in [-0.15, -0.1) is 16.8 Å². The maximum absolute atomic E-state index is 13.8. The van der Waals surface area contributed by atoms with E-state index >= 15 is 0 Å². The fourth-order valence-corrected chi connectivity index (χ4v) is 3.62. The number of aryl methyl sites for hydroxylation is 1. The van der Waals surface area contributed by atoms with Gasteiger partial charge in [0.1, 0.15) is 11.6 Å². The molecule has 2 amide bonds. The summed E-state index contributed by atoms with van der Waals surface area (Å²) in [5, 5.41) is 14.0. The Balaban J connectivity index is 1.62. The van der Waals surface area contributed by atoms with Gasteiger partial charge in [0.05, 0.1) is 17.9 Å². The third-order valence-electron chi connectivity index (χ3n) is 4.43. The van der Waals surface area contributed by atoms with Gasteiger partial charge in [-0.2, -0.15) is 0 Å². The fraction of sp³-hybridized carbons (Fsp3) is 0.182. The highest BCUT2D eigenvalue weighted by Gasteiger charge is 2.16. The fourth-order valence-electron chi connectivity index (χ4n) is 2.85. The molecule has 0 aliphatic heterocycles. The molecule has 3 rings (SSSR count). The lowest BCUT2D eigenvalue weighted by Crippen LogP contribution is -2.25. The van der Waals surface area contributed by atoms with Gasteiger partial charge in [-0.05, 0) is 42.8 Å². The van der Waals surface area contributed by atoms with Crippen LogP contribution in [-0.4, -0.2) is 32.3 Å². The van der Waals surface area contributed by atoms with Gasteiger partial charge in [0.15, 0.2) is 11.0 Å². The molecule has 0 saturated heterocycles. The molecule has 3 aromatic rings. The molecule has 0 bridgehead atoms. The van der Waals surface area contributed by atoms with Crippen LogP contribution in [0.5, 0.6) is 0 Å². The molecule has 2 N–H and O–H groups in total. The van der Waals surface area contributed by atoms with Gasteiger partial charge in [0.2, 0.25) is 5.91 Å². The Morgan fingerprint density at radius 1 is 1.19 bits per heavy atom. The first kappa shape index (κ1) is 23.1. The second kappa shape index (κ2) is 10.7. The summed E-state index contributed by atoms with van der Waals surface area (Å²) < 4.78 is 28.7. The highest BCUT2D eigenvalue weighted by atomic mass is 32.2. The molecule has 0 aliphatic rings. The van der Waals surface area contributed by atoms with Crippen LogP contribution in [0.1, 0.15) is 21.7 Å². The third-order valence-corrected chi connectivity index (χ3v) is 5.39. The van der Waals surface area contributed by atoms with Crippen molar-refractivity contribution in [1.82, 2.24) is 20.1 Å². The molecule has 2 aromatic carbocycles. The zero-order chi connectivity index (χ0) is 23.1. The Morgan fingerprint density at radius 2 is 1.97 bits per heavy atom. The number of halogens is 2. The molecule has 1 heterocycles. The molecule has 0 saturated carbocycles. The number of anilines is 1. The number of nitrogens with one attached hydrogen (secondary N) is 2. The number of carbonyl (C=O) groups is 2. The molecular formula is C22H21F2N5O2S. The van der Waals surface area contributed by atoms with Crippen LogP contribution in [0.2, 0.25) is 0 Å². The number of hydrogen-bond donors (Lipinski definition) is 2. The van der Waals surface area contributed by atoms with Gasteiger partial charge in [-0.3, -0.25) is 9.59 Å². The Hall–Kier alpha value is -3.53. The van der Waals surface area contributed by atoms with E-state index in [1.165, 1.54) is 36.4 Å². The van der Waals surface area contributed by atoms with E-state index in [9.17, 15) is 18.4 Å². The summed E-state index contributed by atoms with van der Waals surface area (Å²) in [5.41, 5.74) is 1.08. The number of aromatic nitrogens is 3. The molecular weight excluding hydrogens is 436 g/mol. The Bertz CT molecular complexity index is 1150. The lowest BCUT2D eigenvalue weighted by Gasteiger charge is -2.10. The van der Waals surface area contributed by atoms with Crippen LogP contribution in [0, 0.1) is 18.6 Å². The molecule has 0 radical (unpaired) electrons. The average Bonchev–Trinajstić information content (AvgIpc) is 3.15. The quantitative estimate of drug-likeness (QED) is 0.378. The van der Waals surface area contributed by atoms with Crippen molar-refractivity contribution in [1.29, 1.82) is 0 Å². The molecule has 10 heteroatoms. The van der Waals surface area contributed by atoms with Crippen LogP contribution in [0.4, 0.5) is 14.5 Å². The van der Waals surface area contributed by atoms with E-state index in [0.717, 1.165) is 11.8 Å². The van der Waals surface area contributed by atoms with Crippen molar-refractivity contribution in [3.05, 3.63) is 83.7 Å². The van der Waals surface area contributed by atoms with Crippen molar-refractivity contribution in [2.75, 3.05) is 11.1 Å². The van der Waals surface area contributed by atoms with Crippen molar-refractivity contribution < 1.29 is 18.4 Å². The monoisotopic (exact) mass is 457 g/mol. The smallest absolute Gasteiger partial charge is 0.254 e. The van der Waals surface area contributed by atoms with E-state index in [0.29, 0.717) is 28.8 Å². The molecule has 0 atom stereocenters. The lowest BCUT2D eigenvalue weighted by atomic mass is 10.2. The minimum Gasteiger partial charge on any atom is -0.345 e. The Kier molecular flexibility index (Phi) is 7.72. The second-order valence-corrected chi connectivity index (χ2v) is 7.70. The first-order chi connectivity index (χ1) is 15.4. The summed E-state index contributed by atoms with van der Waals surface area (Å²) in [6.07, 6.45) is 1.64. The van der Waals surface area contributed by atoms with Gasteiger partial charge in [-0.1, -0.05) is 30.0 Å². The first-order valence-corrected chi connectivity index (χ1v) is 10.6. The van der Waals surface area contributed by atoms with Crippen molar-refractivity contribution >= 4 is 29.3 Å². The van der Waals surface area contributed by atoms with Crippen LogP contribution in [0.25, 0.3) is 0 Å². The van der Waals surface area contributed by atoms with E-state index in [-0.39, 0.29) is 29.6 Å². The van der Waals surface area contributed by atoms with Crippen LogP contribution >= 0.6 is 11.8 Å². The van der Waals surface area contributed by atoms with E-state index in [2.05, 4.69) is 27.4 Å². The van der Waals surface area contributed by atoms with E-state index < -0.39 is 11.7 Å². The summed E-state index contributed by atoms with van der Waals surface area (Å²) in [6.45, 7) is 5.79. The number of thioether (sulfide) groups is 1. The van der Waals surface area contributed by atoms with Crippen molar-refractivity contribution in [3.8, 4) is 0 Å². The predicted octanol–water partition coefficient (Wildman–Crippen LogP) is 3.71. The molecule has 166 valence electrons.